The number of fused-ring (bicyclic) bond motifs is 1. The van der Waals surface area contributed by atoms with Crippen molar-refractivity contribution in [2.24, 2.45) is 0 Å². The number of nitrogens with zero attached hydrogens (tertiary/aromatic N) is 1. The number of rotatable bonds is 3. The van der Waals surface area contributed by atoms with E-state index in [0.717, 1.165) is 17.5 Å². The van der Waals surface area contributed by atoms with Gasteiger partial charge in [0.1, 0.15) is 5.82 Å². The van der Waals surface area contributed by atoms with Gasteiger partial charge in [-0.05, 0) is 55.0 Å². The minimum absolute atomic E-state index is 0.146. The molecule has 0 aromatic heterocycles. The maximum Gasteiger partial charge on any atom is 0.404 e. The van der Waals surface area contributed by atoms with Crippen LogP contribution in [0.25, 0.3) is 0 Å². The first kappa shape index (κ1) is 19.2. The third-order valence-electron chi connectivity index (χ3n) is 5.86. The lowest BCUT2D eigenvalue weighted by Gasteiger charge is -2.47. The van der Waals surface area contributed by atoms with Gasteiger partial charge in [-0.3, -0.25) is 0 Å². The Hall–Kier alpha value is -3.09. The van der Waals surface area contributed by atoms with Crippen molar-refractivity contribution in [1.82, 2.24) is 15.5 Å². The van der Waals surface area contributed by atoms with Crippen LogP contribution in [0.3, 0.4) is 0 Å². The van der Waals surface area contributed by atoms with Crippen LogP contribution in [0.5, 0.6) is 0 Å². The highest BCUT2D eigenvalue weighted by Gasteiger charge is 2.44. The summed E-state index contributed by atoms with van der Waals surface area (Å²) < 4.78 is 13.5. The molecule has 1 aliphatic heterocycles. The van der Waals surface area contributed by atoms with Gasteiger partial charge in [0.2, 0.25) is 0 Å². The highest BCUT2D eigenvalue weighted by atomic mass is 19.1. The number of halogens is 1. The summed E-state index contributed by atoms with van der Waals surface area (Å²) in [4.78, 5) is 25.8. The molecule has 2 aromatic rings. The number of carbonyl (C=O) groups is 2. The van der Waals surface area contributed by atoms with Crippen LogP contribution in [0.2, 0.25) is 0 Å². The van der Waals surface area contributed by atoms with E-state index >= 15 is 0 Å². The molecule has 0 spiro atoms. The summed E-state index contributed by atoms with van der Waals surface area (Å²) in [5.74, 6) is -0.312. The van der Waals surface area contributed by atoms with Crippen molar-refractivity contribution in [3.63, 3.8) is 0 Å². The Labute approximate surface area is 168 Å². The van der Waals surface area contributed by atoms with Gasteiger partial charge in [-0.1, -0.05) is 36.4 Å². The molecule has 6 nitrogen and oxygen atoms in total. The molecular weight excluding hydrogens is 373 g/mol. The first-order valence-electron chi connectivity index (χ1n) is 9.76. The largest absolute Gasteiger partial charge is 0.465 e. The summed E-state index contributed by atoms with van der Waals surface area (Å²) in [6.07, 6.45) is 0.807. The molecule has 1 fully saturated rings. The fraction of sp³-hybridized carbons (Fsp3) is 0.364. The Kier molecular flexibility index (Phi) is 4.90. The molecule has 3 N–H and O–H groups in total. The van der Waals surface area contributed by atoms with E-state index in [4.69, 9.17) is 5.11 Å². The van der Waals surface area contributed by atoms with E-state index in [1.165, 1.54) is 17.7 Å². The zero-order chi connectivity index (χ0) is 20.6. The molecule has 2 aliphatic rings. The Morgan fingerprint density at radius 3 is 2.52 bits per heavy atom. The van der Waals surface area contributed by atoms with E-state index in [9.17, 15) is 14.0 Å². The van der Waals surface area contributed by atoms with Crippen LogP contribution in [-0.4, -0.2) is 40.3 Å². The maximum absolute atomic E-state index is 13.5. The number of nitrogens with one attached hydrogen (secondary N) is 2. The van der Waals surface area contributed by atoms with Crippen LogP contribution in [0.4, 0.5) is 14.0 Å². The second kappa shape index (κ2) is 7.39. The number of benzene rings is 2. The Balaban J connectivity index is 1.56. The van der Waals surface area contributed by atoms with Crippen molar-refractivity contribution in [3.8, 4) is 0 Å². The molecule has 0 bridgehead atoms. The smallest absolute Gasteiger partial charge is 0.404 e. The molecule has 1 aliphatic carbocycles. The lowest BCUT2D eigenvalue weighted by Crippen LogP contribution is -2.64. The molecule has 1 heterocycles. The normalized spacial score (nSPS) is 25.5. The minimum atomic E-state index is -1.05. The topological polar surface area (TPSA) is 81.7 Å². The van der Waals surface area contributed by atoms with E-state index in [2.05, 4.69) is 16.7 Å². The standard InChI is InChI=1S/C22H24FN3O3/c1-22(12-17(13-22)24-21(28)29)25-20(27)26-11-10-14-4-2-3-5-18(14)19(26)15-6-8-16(23)9-7-15/h2-9,17,19,24H,10-13H2,1H3,(H,25,27)(H,28,29)/t17?,19-,22?/m0/s1. The van der Waals surface area contributed by atoms with Gasteiger partial charge in [0, 0.05) is 18.1 Å². The van der Waals surface area contributed by atoms with Crippen molar-refractivity contribution in [1.29, 1.82) is 0 Å². The highest BCUT2D eigenvalue weighted by molar-refractivity contribution is 5.77. The highest BCUT2D eigenvalue weighted by Crippen LogP contribution is 2.37. The third-order valence-corrected chi connectivity index (χ3v) is 5.86. The zero-order valence-electron chi connectivity index (χ0n) is 16.2. The van der Waals surface area contributed by atoms with Crippen molar-refractivity contribution >= 4 is 12.1 Å². The van der Waals surface area contributed by atoms with Crippen LogP contribution >= 0.6 is 0 Å². The number of carbonyl (C=O) groups excluding carboxylic acids is 1. The number of hydrogen-bond donors (Lipinski definition) is 3. The molecule has 3 amide bonds. The predicted molar refractivity (Wildman–Crippen MR) is 106 cm³/mol. The van der Waals surface area contributed by atoms with Crippen LogP contribution < -0.4 is 10.6 Å². The summed E-state index contributed by atoms with van der Waals surface area (Å²) in [7, 11) is 0. The van der Waals surface area contributed by atoms with Gasteiger partial charge in [-0.15, -0.1) is 0 Å². The van der Waals surface area contributed by atoms with Gasteiger partial charge >= 0.3 is 12.1 Å². The van der Waals surface area contributed by atoms with Gasteiger partial charge in [0.05, 0.1) is 6.04 Å². The zero-order valence-corrected chi connectivity index (χ0v) is 16.2. The molecular formula is C22H24FN3O3. The first-order valence-corrected chi connectivity index (χ1v) is 9.76. The van der Waals surface area contributed by atoms with Gasteiger partial charge in [-0.25, -0.2) is 14.0 Å². The Morgan fingerprint density at radius 2 is 1.83 bits per heavy atom. The maximum atomic E-state index is 13.5. The number of hydrogen-bond acceptors (Lipinski definition) is 2. The molecule has 1 atom stereocenters. The van der Waals surface area contributed by atoms with E-state index in [-0.39, 0.29) is 23.9 Å². The summed E-state index contributed by atoms with van der Waals surface area (Å²) in [6, 6.07) is 13.7. The van der Waals surface area contributed by atoms with E-state index in [0.29, 0.717) is 19.4 Å². The van der Waals surface area contributed by atoms with Crippen molar-refractivity contribution in [2.75, 3.05) is 6.54 Å². The molecule has 152 valence electrons. The Morgan fingerprint density at radius 1 is 1.14 bits per heavy atom. The van der Waals surface area contributed by atoms with Crippen molar-refractivity contribution in [2.45, 2.75) is 43.8 Å². The van der Waals surface area contributed by atoms with E-state index < -0.39 is 11.6 Å². The molecule has 0 saturated heterocycles. The van der Waals surface area contributed by atoms with Gasteiger partial charge < -0.3 is 20.6 Å². The van der Waals surface area contributed by atoms with Crippen molar-refractivity contribution < 1.29 is 19.1 Å². The van der Waals surface area contributed by atoms with Crippen LogP contribution in [0.1, 0.15) is 42.5 Å². The monoisotopic (exact) mass is 397 g/mol. The van der Waals surface area contributed by atoms with Crippen LogP contribution in [0.15, 0.2) is 48.5 Å². The van der Waals surface area contributed by atoms with Gasteiger partial charge in [-0.2, -0.15) is 0 Å². The lowest BCUT2D eigenvalue weighted by molar-refractivity contribution is 0.120. The van der Waals surface area contributed by atoms with E-state index in [1.54, 1.807) is 17.0 Å². The fourth-order valence-electron chi connectivity index (χ4n) is 4.53. The summed E-state index contributed by atoms with van der Waals surface area (Å²) in [5.41, 5.74) is 2.64. The van der Waals surface area contributed by atoms with Crippen molar-refractivity contribution in [3.05, 3.63) is 71.0 Å². The average Bonchev–Trinajstić information content (AvgIpc) is 2.66. The van der Waals surface area contributed by atoms with Crippen LogP contribution in [-0.2, 0) is 6.42 Å². The SMILES string of the molecule is CC1(NC(=O)N2CCc3ccccc3[C@@H]2c2ccc(F)cc2)CC(NC(=O)O)C1. The minimum Gasteiger partial charge on any atom is -0.465 e. The fourth-order valence-corrected chi connectivity index (χ4v) is 4.53. The second-order valence-corrected chi connectivity index (χ2v) is 8.14. The number of urea groups is 1. The molecule has 0 radical (unpaired) electrons. The van der Waals surface area contributed by atoms with E-state index in [1.807, 2.05) is 25.1 Å². The van der Waals surface area contributed by atoms with Crippen LogP contribution in [0, 0.1) is 5.82 Å². The Bertz CT molecular complexity index is 925. The first-order chi connectivity index (χ1) is 13.8. The average molecular weight is 397 g/mol. The molecule has 7 heteroatoms. The lowest BCUT2D eigenvalue weighted by atomic mass is 9.74. The quantitative estimate of drug-likeness (QED) is 0.739. The molecule has 29 heavy (non-hydrogen) atoms. The second-order valence-electron chi connectivity index (χ2n) is 8.14. The summed E-state index contributed by atoms with van der Waals surface area (Å²) in [5, 5.41) is 14.4. The van der Waals surface area contributed by atoms with Gasteiger partial charge in [0.15, 0.2) is 0 Å². The predicted octanol–water partition coefficient (Wildman–Crippen LogP) is 3.67. The number of carboxylic acid groups (broad SMARTS) is 1. The summed E-state index contributed by atoms with van der Waals surface area (Å²) in [6.45, 7) is 2.48. The molecule has 0 unspecified atom stereocenters. The molecule has 1 saturated carbocycles. The van der Waals surface area contributed by atoms with Gasteiger partial charge in [0.25, 0.3) is 0 Å². The molecule has 2 aromatic carbocycles. The third kappa shape index (κ3) is 3.90. The summed E-state index contributed by atoms with van der Waals surface area (Å²) >= 11 is 0. The number of amides is 3. The molecule has 4 rings (SSSR count).